The third-order valence-electron chi connectivity index (χ3n) is 1.90. The Balaban J connectivity index is 3.91. The lowest BCUT2D eigenvalue weighted by Crippen LogP contribution is -2.48. The van der Waals surface area contributed by atoms with Crippen molar-refractivity contribution in [3.8, 4) is 0 Å². The van der Waals surface area contributed by atoms with Crippen LogP contribution >= 0.6 is 11.8 Å². The number of aliphatic hydroxyl groups is 1. The van der Waals surface area contributed by atoms with Gasteiger partial charge >= 0.3 is 6.03 Å². The summed E-state index contributed by atoms with van der Waals surface area (Å²) >= 11 is 1.31. The molecule has 0 aromatic rings. The maximum absolute atomic E-state index is 11.4. The molecule has 0 aliphatic rings. The van der Waals surface area contributed by atoms with Crippen LogP contribution < -0.4 is 10.6 Å². The molecule has 17 heavy (non-hydrogen) atoms. The van der Waals surface area contributed by atoms with Gasteiger partial charge in [0, 0.05) is 10.8 Å². The summed E-state index contributed by atoms with van der Waals surface area (Å²) in [4.78, 5) is 22.7. The zero-order valence-electron chi connectivity index (χ0n) is 11.0. The SMILES string of the molecule is CC(O)C(C)SCC(=O)NC(=O)NC(C)(C)C. The van der Waals surface area contributed by atoms with Gasteiger partial charge in [-0.15, -0.1) is 11.8 Å². The first-order valence-electron chi connectivity index (χ1n) is 5.53. The molecular weight excluding hydrogens is 240 g/mol. The lowest BCUT2D eigenvalue weighted by Gasteiger charge is -2.20. The van der Waals surface area contributed by atoms with E-state index in [2.05, 4.69) is 10.6 Å². The van der Waals surface area contributed by atoms with Crippen molar-refractivity contribution in [3.63, 3.8) is 0 Å². The molecule has 3 amide bonds. The molecule has 0 saturated heterocycles. The Morgan fingerprint density at radius 1 is 1.29 bits per heavy atom. The third kappa shape index (κ3) is 9.00. The van der Waals surface area contributed by atoms with Gasteiger partial charge in [0.25, 0.3) is 0 Å². The van der Waals surface area contributed by atoms with Gasteiger partial charge in [-0.1, -0.05) is 6.92 Å². The molecule has 2 unspecified atom stereocenters. The number of carbonyl (C=O) groups excluding carboxylic acids is 2. The second-order valence-electron chi connectivity index (χ2n) is 5.01. The fraction of sp³-hybridized carbons (Fsp3) is 0.818. The number of urea groups is 1. The molecule has 6 heteroatoms. The molecule has 0 saturated carbocycles. The zero-order chi connectivity index (χ0) is 13.6. The minimum atomic E-state index is -0.493. The number of nitrogens with one attached hydrogen (secondary N) is 2. The molecule has 0 aromatic carbocycles. The van der Waals surface area contributed by atoms with E-state index in [1.165, 1.54) is 11.8 Å². The lowest BCUT2D eigenvalue weighted by atomic mass is 10.1. The minimum Gasteiger partial charge on any atom is -0.392 e. The summed E-state index contributed by atoms with van der Waals surface area (Å²) in [6.07, 6.45) is -0.476. The largest absolute Gasteiger partial charge is 0.392 e. The third-order valence-corrected chi connectivity index (χ3v) is 3.25. The monoisotopic (exact) mass is 262 g/mol. The summed E-state index contributed by atoms with van der Waals surface area (Å²) in [5.74, 6) is -0.201. The summed E-state index contributed by atoms with van der Waals surface area (Å²) in [5, 5.41) is 14.1. The predicted octanol–water partition coefficient (Wildman–Crippen LogP) is 1.11. The molecule has 0 bridgehead atoms. The average molecular weight is 262 g/mol. The molecule has 0 spiro atoms. The number of rotatable bonds is 4. The van der Waals surface area contributed by atoms with Crippen LogP contribution in [-0.2, 0) is 4.79 Å². The highest BCUT2D eigenvalue weighted by molar-refractivity contribution is 8.00. The molecule has 0 aliphatic heterocycles. The van der Waals surface area contributed by atoms with Crippen LogP contribution in [-0.4, -0.2) is 39.7 Å². The predicted molar refractivity (Wildman–Crippen MR) is 70.0 cm³/mol. The topological polar surface area (TPSA) is 78.4 Å². The Kier molecular flexibility index (Phi) is 6.56. The second kappa shape index (κ2) is 6.86. The quantitative estimate of drug-likeness (QED) is 0.709. The first-order chi connectivity index (χ1) is 7.61. The van der Waals surface area contributed by atoms with Crippen LogP contribution in [0.4, 0.5) is 4.79 Å². The van der Waals surface area contributed by atoms with E-state index in [1.54, 1.807) is 6.92 Å². The van der Waals surface area contributed by atoms with Crippen LogP contribution in [0.15, 0.2) is 0 Å². The van der Waals surface area contributed by atoms with Crippen molar-refractivity contribution in [1.29, 1.82) is 0 Å². The highest BCUT2D eigenvalue weighted by atomic mass is 32.2. The zero-order valence-corrected chi connectivity index (χ0v) is 11.9. The molecular formula is C11H22N2O3S. The highest BCUT2D eigenvalue weighted by Gasteiger charge is 2.17. The van der Waals surface area contributed by atoms with Crippen molar-refractivity contribution in [2.75, 3.05) is 5.75 Å². The molecule has 0 aliphatic carbocycles. The fourth-order valence-corrected chi connectivity index (χ4v) is 1.65. The van der Waals surface area contributed by atoms with Gasteiger partial charge in [-0.25, -0.2) is 4.79 Å². The Morgan fingerprint density at radius 2 is 1.82 bits per heavy atom. The normalized spacial score (nSPS) is 14.9. The van der Waals surface area contributed by atoms with Crippen molar-refractivity contribution in [2.45, 2.75) is 51.5 Å². The molecule has 2 atom stereocenters. The van der Waals surface area contributed by atoms with E-state index < -0.39 is 12.1 Å². The van der Waals surface area contributed by atoms with Crippen LogP contribution in [0.25, 0.3) is 0 Å². The first-order valence-corrected chi connectivity index (χ1v) is 6.58. The molecule has 100 valence electrons. The fourth-order valence-electron chi connectivity index (χ4n) is 0.881. The molecule has 0 fully saturated rings. The number of hydrogen-bond acceptors (Lipinski definition) is 4. The van der Waals surface area contributed by atoms with E-state index in [0.29, 0.717) is 0 Å². The van der Waals surface area contributed by atoms with Crippen molar-refractivity contribution in [1.82, 2.24) is 10.6 Å². The number of hydrogen-bond donors (Lipinski definition) is 3. The molecule has 5 nitrogen and oxygen atoms in total. The van der Waals surface area contributed by atoms with Crippen LogP contribution in [0, 0.1) is 0 Å². The summed E-state index contributed by atoms with van der Waals surface area (Å²) in [5.41, 5.74) is -0.371. The maximum atomic E-state index is 11.4. The molecule has 0 aromatic heterocycles. The van der Waals surface area contributed by atoms with Gasteiger partial charge in [0.05, 0.1) is 11.9 Å². The Hall–Kier alpha value is -0.750. The number of amides is 3. The van der Waals surface area contributed by atoms with E-state index >= 15 is 0 Å². The lowest BCUT2D eigenvalue weighted by molar-refractivity contribution is -0.117. The van der Waals surface area contributed by atoms with Gasteiger partial charge in [-0.05, 0) is 27.7 Å². The van der Waals surface area contributed by atoms with E-state index in [-0.39, 0.29) is 22.4 Å². The van der Waals surface area contributed by atoms with Crippen molar-refractivity contribution < 1.29 is 14.7 Å². The van der Waals surface area contributed by atoms with E-state index in [0.717, 1.165) is 0 Å². The number of aliphatic hydroxyl groups excluding tert-OH is 1. The molecule has 0 heterocycles. The van der Waals surface area contributed by atoms with E-state index in [4.69, 9.17) is 0 Å². The maximum Gasteiger partial charge on any atom is 0.321 e. The average Bonchev–Trinajstić information content (AvgIpc) is 2.10. The van der Waals surface area contributed by atoms with Gasteiger partial charge in [0.2, 0.25) is 5.91 Å². The van der Waals surface area contributed by atoms with Crippen LogP contribution in [0.5, 0.6) is 0 Å². The van der Waals surface area contributed by atoms with Crippen LogP contribution in [0.2, 0.25) is 0 Å². The van der Waals surface area contributed by atoms with Crippen molar-refractivity contribution in [2.24, 2.45) is 0 Å². The van der Waals surface area contributed by atoms with Crippen LogP contribution in [0.1, 0.15) is 34.6 Å². The highest BCUT2D eigenvalue weighted by Crippen LogP contribution is 2.13. The summed E-state index contributed by atoms with van der Waals surface area (Å²) in [6, 6.07) is -0.493. The smallest absolute Gasteiger partial charge is 0.321 e. The summed E-state index contributed by atoms with van der Waals surface area (Å²) in [7, 11) is 0. The Morgan fingerprint density at radius 3 is 2.24 bits per heavy atom. The standard InChI is InChI=1S/C11H22N2O3S/c1-7(14)8(2)17-6-9(15)12-10(16)13-11(3,4)5/h7-8,14H,6H2,1-5H3,(H2,12,13,15,16). The summed E-state index contributed by atoms with van der Waals surface area (Å²) < 4.78 is 0. The van der Waals surface area contributed by atoms with Crippen LogP contribution in [0.3, 0.4) is 0 Å². The minimum absolute atomic E-state index is 0.0357. The first kappa shape index (κ1) is 16.2. The van der Waals surface area contributed by atoms with Gasteiger partial charge in [0.15, 0.2) is 0 Å². The second-order valence-corrected chi connectivity index (χ2v) is 6.37. The Labute approximate surface area is 107 Å². The van der Waals surface area contributed by atoms with Gasteiger partial charge < -0.3 is 10.4 Å². The Bertz CT molecular complexity index is 274. The van der Waals surface area contributed by atoms with E-state index in [9.17, 15) is 14.7 Å². The summed E-state index contributed by atoms with van der Waals surface area (Å²) in [6.45, 7) is 9.00. The van der Waals surface area contributed by atoms with Gasteiger partial charge in [0.1, 0.15) is 0 Å². The molecule has 0 rings (SSSR count). The number of imide groups is 1. The van der Waals surface area contributed by atoms with Gasteiger partial charge in [-0.3, -0.25) is 10.1 Å². The van der Waals surface area contributed by atoms with E-state index in [1.807, 2.05) is 27.7 Å². The molecule has 0 radical (unpaired) electrons. The number of thioether (sulfide) groups is 1. The van der Waals surface area contributed by atoms with Crippen molar-refractivity contribution in [3.05, 3.63) is 0 Å². The van der Waals surface area contributed by atoms with Gasteiger partial charge in [-0.2, -0.15) is 0 Å². The molecule has 3 N–H and O–H groups in total. The number of carbonyl (C=O) groups is 2. The van der Waals surface area contributed by atoms with Crippen molar-refractivity contribution >= 4 is 23.7 Å².